The largest absolute Gasteiger partial charge is 0.548 e. The number of aliphatic carboxylic acids is 1. The van der Waals surface area contributed by atoms with Gasteiger partial charge in [0, 0.05) is 47.6 Å². The maximum atomic E-state index is 15.3. The zero-order chi connectivity index (χ0) is 86.9. The number of imidazole rings is 1. The SMILES string of the molecule is CC(/C=C/c1ccc(Br)cc1)=C\[C@H](O)C1CC(=O)N[C@@H](CO)C(=O)N[C@@H]2Cn3cc([n+]([C@@H]4OC(CO)C(O)C4O)c3)CC(NC(=O)C[C@H](O)CC(C(=O)[O-])NC(=O)CCNC(=O)[C@H](Cc3ccc(Br)cc3)NC(=O)C([C@@H](O)C(N)=O)NC(=O)[C@H](CC(N)=O)NC2=O)C(=O)N[C@@H]([C@H](C)O)C(=O)N[C@@H](CO)C(=O)N[C@@H](Cc2ccccc2)C(=O)N1. The second-order valence-corrected chi connectivity index (χ2v) is 29.9. The van der Waals surface area contributed by atoms with Crippen LogP contribution < -0.4 is 84.9 Å². The van der Waals surface area contributed by atoms with Crippen LogP contribution in [0.4, 0.5) is 0 Å². The minimum atomic E-state index is -2.72. The van der Waals surface area contributed by atoms with Gasteiger partial charge in [-0.3, -0.25) is 67.1 Å². The molecule has 0 aliphatic carbocycles. The average Bonchev–Trinajstić information content (AvgIpc) is 1.63. The van der Waals surface area contributed by atoms with Crippen molar-refractivity contribution < 1.29 is 132 Å². The lowest BCUT2D eigenvalue weighted by Crippen LogP contribution is -2.63. The lowest BCUT2D eigenvalue weighted by molar-refractivity contribution is -0.771. The molecule has 1 aromatic heterocycles. The Labute approximate surface area is 689 Å². The third-order valence-electron chi connectivity index (χ3n) is 18.8. The fraction of sp³-hybridized carbons (Fsp3) is 0.459. The molecule has 4 aromatic rings. The van der Waals surface area contributed by atoms with Gasteiger partial charge in [0.15, 0.2) is 6.10 Å². The van der Waals surface area contributed by atoms with E-state index in [1.54, 1.807) is 73.7 Å². The highest BCUT2D eigenvalue weighted by Gasteiger charge is 2.49. The number of benzene rings is 3. The molecule has 14 amide bonds. The van der Waals surface area contributed by atoms with Gasteiger partial charge in [0.05, 0.1) is 69.0 Å². The number of amides is 14. The summed E-state index contributed by atoms with van der Waals surface area (Å²) in [6.45, 7) is -2.75. The summed E-state index contributed by atoms with van der Waals surface area (Å²) in [5.41, 5.74) is 12.4. The van der Waals surface area contributed by atoms with Crippen molar-refractivity contribution in [3.8, 4) is 0 Å². The number of nitrogens with two attached hydrogens (primary N) is 2. The molecule has 3 aliphatic rings. The molecule has 640 valence electrons. The van der Waals surface area contributed by atoms with Gasteiger partial charge in [0.1, 0.15) is 91.1 Å². The Balaban J connectivity index is 1.43. The summed E-state index contributed by atoms with van der Waals surface area (Å²) in [6.07, 6.45) is -16.7. The van der Waals surface area contributed by atoms with Gasteiger partial charge in [-0.15, -0.1) is 0 Å². The van der Waals surface area contributed by atoms with Crippen LogP contribution in [0.25, 0.3) is 6.08 Å². The second kappa shape index (κ2) is 44.5. The zero-order valence-electron chi connectivity index (χ0n) is 63.3. The summed E-state index contributed by atoms with van der Waals surface area (Å²) >= 11 is 6.64. The number of carboxylic acid groups (broad SMARTS) is 1. The highest BCUT2D eigenvalue weighted by Crippen LogP contribution is 2.27. The number of rotatable bonds is 18. The first-order chi connectivity index (χ1) is 55.8. The first-order valence-corrected chi connectivity index (χ1v) is 38.4. The topological polar surface area (TPSA) is 676 Å². The molecule has 0 radical (unpaired) electrons. The van der Waals surface area contributed by atoms with Gasteiger partial charge < -0.3 is 136 Å². The highest BCUT2D eigenvalue weighted by molar-refractivity contribution is 9.10. The fourth-order valence-electron chi connectivity index (χ4n) is 12.5. The van der Waals surface area contributed by atoms with E-state index in [0.717, 1.165) is 33.1 Å². The van der Waals surface area contributed by atoms with E-state index in [4.69, 9.17) is 16.2 Å². The third-order valence-corrected chi connectivity index (χ3v) is 19.9. The highest BCUT2D eigenvalue weighted by atomic mass is 79.9. The Morgan fingerprint density at radius 3 is 1.74 bits per heavy atom. The number of ether oxygens (including phenoxy) is 1. The van der Waals surface area contributed by atoms with Crippen molar-refractivity contribution in [1.82, 2.24) is 68.4 Å². The van der Waals surface area contributed by atoms with E-state index in [1.807, 2.05) is 5.32 Å². The Morgan fingerprint density at radius 1 is 0.593 bits per heavy atom. The van der Waals surface area contributed by atoms with Gasteiger partial charge >= 0.3 is 0 Å². The molecule has 7 unspecified atom stereocenters. The number of fused-ring (bicyclic) bond motifs is 2. The summed E-state index contributed by atoms with van der Waals surface area (Å²) in [7, 11) is 0. The van der Waals surface area contributed by atoms with Crippen LogP contribution >= 0.6 is 31.9 Å². The number of aliphatic hydroxyl groups is 9. The minimum absolute atomic E-state index is 0.322. The number of aliphatic hydroxyl groups excluding tert-OH is 9. The van der Waals surface area contributed by atoms with E-state index in [1.165, 1.54) is 30.3 Å². The molecule has 1 fully saturated rings. The average molecular weight is 1780 g/mol. The van der Waals surface area contributed by atoms with Crippen molar-refractivity contribution in [3.63, 3.8) is 0 Å². The summed E-state index contributed by atoms with van der Waals surface area (Å²) in [6, 6.07) is -2.34. The Morgan fingerprint density at radius 2 is 1.14 bits per heavy atom. The number of allylic oxidation sites excluding steroid dienone is 2. The van der Waals surface area contributed by atoms with Crippen LogP contribution in [-0.2, 0) is 102 Å². The van der Waals surface area contributed by atoms with Gasteiger partial charge in [0.25, 0.3) is 0 Å². The first-order valence-electron chi connectivity index (χ1n) is 36.8. The van der Waals surface area contributed by atoms with Crippen molar-refractivity contribution in [3.05, 3.63) is 140 Å². The smallest absolute Gasteiger partial charge is 0.248 e. The van der Waals surface area contributed by atoms with Gasteiger partial charge in [0.2, 0.25) is 95.3 Å². The van der Waals surface area contributed by atoms with Crippen LogP contribution in [0.1, 0.15) is 74.6 Å². The van der Waals surface area contributed by atoms with E-state index in [0.29, 0.717) is 26.7 Å². The number of nitrogens with one attached hydrogen (secondary N) is 12. The van der Waals surface area contributed by atoms with Crippen molar-refractivity contribution in [2.45, 2.75) is 187 Å². The molecule has 25 N–H and O–H groups in total. The maximum Gasteiger partial charge on any atom is 0.248 e. The molecule has 4 heterocycles. The van der Waals surface area contributed by atoms with Crippen molar-refractivity contribution in [1.29, 1.82) is 0 Å². The standard InChI is InChI=1S/C74H94Br2N16O26/c1-34(8-9-36-10-14-39(75)15-11-36)20-52(98)43-27-57(102)82-50(30-93)69(112)87-49-29-91-28-41(92(33-91)73-62(105)60(103)53(32-95)118-73)23-46(66(109)89-58(35(2)96)71(114)88-51(31-94)70(113)84-45(65(108)83-43)21-37-6-4-3-5-7-37)80-56(101)25-42(97)24-48(74(116)117)81-55(100)18-19-79-64(107)44(22-38-12-16-40(76)17-13-38)86-72(115)59(61(104)63(78)106)90-67(110)47(26-54(77)99)85-68(49)111/h3-17,20,28,33,35,42-53,58-62,73,93-98,103-105H,18-19,21-27,29-32H2,1-2H3,(H16-,77,78,79,80,81,82,83,84,85,86,87,88,89,90,99,100,101,102,106,107,108,109,110,111,112,113,114,115,116,117)/b9-8+,34-20+/t35-,42+,43?,44-,45-,46?,47-,48?,49+,50-,51-,52-,53?,58-,59?,60?,61+,62?,73+/m0/s1. The van der Waals surface area contributed by atoms with E-state index in [9.17, 15) is 113 Å². The van der Waals surface area contributed by atoms with E-state index >= 15 is 9.59 Å². The number of halogens is 2. The number of hydrogen-bond donors (Lipinski definition) is 23. The van der Waals surface area contributed by atoms with Crippen LogP contribution in [0.2, 0.25) is 0 Å². The molecule has 3 aliphatic heterocycles. The Bertz CT molecular complexity index is 4350. The molecular formula is C74H94Br2N16O26. The summed E-state index contributed by atoms with van der Waals surface area (Å²) in [5, 5.41) is 141. The minimum Gasteiger partial charge on any atom is -0.548 e. The summed E-state index contributed by atoms with van der Waals surface area (Å²) < 4.78 is 9.06. The molecule has 0 saturated carbocycles. The van der Waals surface area contributed by atoms with Gasteiger partial charge in [-0.1, -0.05) is 110 Å². The third kappa shape index (κ3) is 27.8. The monoisotopic (exact) mass is 1780 g/mol. The molecule has 118 heavy (non-hydrogen) atoms. The molecule has 4 bridgehead atoms. The normalized spacial score (nSPS) is 27.6. The number of hydrogen-bond acceptors (Lipinski definition) is 26. The number of carbonyl (C=O) groups is 15. The predicted molar refractivity (Wildman–Crippen MR) is 411 cm³/mol. The van der Waals surface area contributed by atoms with Gasteiger partial charge in [-0.05, 0) is 61.2 Å². The van der Waals surface area contributed by atoms with Crippen LogP contribution in [0, 0.1) is 0 Å². The number of carboxylic acids is 1. The molecule has 7 rings (SSSR count). The molecular weight excluding hydrogens is 1690 g/mol. The number of primary amides is 2. The first kappa shape index (κ1) is 94.1. The number of carbonyl (C=O) groups excluding carboxylic acids is 15. The van der Waals surface area contributed by atoms with Crippen molar-refractivity contribution >= 4 is 127 Å². The Kier molecular flexibility index (Phi) is 35.5. The molecule has 42 nitrogen and oxygen atoms in total. The van der Waals surface area contributed by atoms with E-state index in [-0.39, 0.29) is 5.69 Å². The quantitative estimate of drug-likeness (QED) is 0.0325. The molecule has 3 aromatic carbocycles. The number of aromatic nitrogens is 2. The van der Waals surface area contributed by atoms with Crippen LogP contribution in [0.3, 0.4) is 0 Å². The lowest BCUT2D eigenvalue weighted by atomic mass is 10.0. The van der Waals surface area contributed by atoms with Crippen LogP contribution in [0.5, 0.6) is 0 Å². The van der Waals surface area contributed by atoms with Gasteiger partial charge in [-0.25, -0.2) is 9.13 Å². The molecule has 0 spiro atoms. The summed E-state index contributed by atoms with van der Waals surface area (Å²) in [5.74, 6) is -21.5. The van der Waals surface area contributed by atoms with Crippen molar-refractivity contribution in [2.24, 2.45) is 11.5 Å². The van der Waals surface area contributed by atoms with Crippen molar-refractivity contribution in [2.75, 3.05) is 26.4 Å². The van der Waals surface area contributed by atoms with E-state index in [2.05, 4.69) is 90.3 Å². The van der Waals surface area contributed by atoms with Crippen LogP contribution in [-0.4, -0.2) is 275 Å². The molecule has 44 heteroatoms. The maximum absolute atomic E-state index is 15.3. The molecule has 1 saturated heterocycles. The van der Waals surface area contributed by atoms with Gasteiger partial charge in [-0.2, -0.15) is 0 Å². The number of nitrogens with zero attached hydrogens (tertiary/aromatic N) is 2. The van der Waals surface area contributed by atoms with Crippen LogP contribution in [0.15, 0.2) is 118 Å². The second-order valence-electron chi connectivity index (χ2n) is 28.1. The lowest BCUT2D eigenvalue weighted by Gasteiger charge is -2.28. The fourth-order valence-corrected chi connectivity index (χ4v) is 13.1. The zero-order valence-corrected chi connectivity index (χ0v) is 66.5. The van der Waals surface area contributed by atoms with E-state index < -0.39 is 288 Å². The Hall–Kier alpha value is -11.0. The summed E-state index contributed by atoms with van der Waals surface area (Å²) in [4.78, 5) is 213. The molecule has 19 atom stereocenters. The predicted octanol–water partition coefficient (Wildman–Crippen LogP) is -10.8.